The minimum atomic E-state index is 0. The number of benzene rings is 1. The predicted octanol–water partition coefficient (Wildman–Crippen LogP) is 3.34. The Morgan fingerprint density at radius 1 is 1.32 bits per heavy atom. The summed E-state index contributed by atoms with van der Waals surface area (Å²) < 4.78 is 5.99. The van der Waals surface area contributed by atoms with Crippen molar-refractivity contribution in [3.8, 4) is 5.75 Å². The number of rotatable bonds is 1. The summed E-state index contributed by atoms with van der Waals surface area (Å²) in [7, 11) is 0. The van der Waals surface area contributed by atoms with Crippen molar-refractivity contribution in [3.63, 3.8) is 0 Å². The minimum absolute atomic E-state index is 0. The molecule has 1 aromatic heterocycles. The fourth-order valence-electron chi connectivity index (χ4n) is 2.27. The van der Waals surface area contributed by atoms with Crippen molar-refractivity contribution in [3.05, 3.63) is 36.0 Å². The third-order valence-electron chi connectivity index (χ3n) is 3.27. The summed E-state index contributed by atoms with van der Waals surface area (Å²) in [4.78, 5) is 4.45. The van der Waals surface area contributed by atoms with E-state index in [9.17, 15) is 0 Å². The van der Waals surface area contributed by atoms with E-state index in [4.69, 9.17) is 4.74 Å². The maximum atomic E-state index is 5.99. The molecular formula is C14H18Cl2N2O. The number of nitrogens with zero attached hydrogens (tertiary/aromatic N) is 1. The largest absolute Gasteiger partial charge is 0.487 e. The van der Waals surface area contributed by atoms with E-state index in [0.717, 1.165) is 30.8 Å². The van der Waals surface area contributed by atoms with Gasteiger partial charge in [-0.05, 0) is 12.5 Å². The van der Waals surface area contributed by atoms with Gasteiger partial charge < -0.3 is 10.1 Å². The summed E-state index contributed by atoms with van der Waals surface area (Å²) in [5.74, 6) is 0.931. The molecule has 2 aromatic rings. The highest BCUT2D eigenvalue weighted by Gasteiger charge is 2.17. The van der Waals surface area contributed by atoms with Crippen LogP contribution in [-0.2, 0) is 6.54 Å². The summed E-state index contributed by atoms with van der Waals surface area (Å²) in [6, 6.07) is 8.21. The normalized spacial score (nSPS) is 17.4. The van der Waals surface area contributed by atoms with E-state index in [2.05, 4.69) is 23.3 Å². The zero-order valence-electron chi connectivity index (χ0n) is 10.8. The lowest BCUT2D eigenvalue weighted by atomic mass is 10.1. The van der Waals surface area contributed by atoms with E-state index in [1.54, 1.807) is 0 Å². The molecule has 3 nitrogen and oxygen atoms in total. The number of ether oxygens (including phenoxy) is 1. The van der Waals surface area contributed by atoms with Crippen molar-refractivity contribution in [2.75, 3.05) is 6.54 Å². The van der Waals surface area contributed by atoms with E-state index in [0.29, 0.717) is 0 Å². The van der Waals surface area contributed by atoms with Gasteiger partial charge in [-0.15, -0.1) is 24.8 Å². The Hall–Kier alpha value is -1.03. The molecule has 0 saturated heterocycles. The molecule has 0 spiro atoms. The van der Waals surface area contributed by atoms with Crippen LogP contribution in [0.5, 0.6) is 5.75 Å². The Kier molecular flexibility index (Phi) is 5.85. The van der Waals surface area contributed by atoms with Gasteiger partial charge in [-0.2, -0.15) is 0 Å². The molecule has 5 heteroatoms. The number of aromatic nitrogens is 1. The van der Waals surface area contributed by atoms with Gasteiger partial charge in [-0.1, -0.05) is 25.1 Å². The molecule has 0 saturated carbocycles. The maximum Gasteiger partial charge on any atom is 0.143 e. The van der Waals surface area contributed by atoms with Crippen LogP contribution in [0.3, 0.4) is 0 Å². The summed E-state index contributed by atoms with van der Waals surface area (Å²) in [5.41, 5.74) is 2.26. The summed E-state index contributed by atoms with van der Waals surface area (Å²) in [6.07, 6.45) is 3.12. The molecule has 104 valence electrons. The Labute approximate surface area is 125 Å². The van der Waals surface area contributed by atoms with Crippen LogP contribution in [0.4, 0.5) is 0 Å². The van der Waals surface area contributed by atoms with Crippen molar-refractivity contribution in [2.45, 2.75) is 26.0 Å². The van der Waals surface area contributed by atoms with Gasteiger partial charge in [0.05, 0.1) is 11.7 Å². The Morgan fingerprint density at radius 3 is 2.89 bits per heavy atom. The monoisotopic (exact) mass is 300 g/mol. The number of halogens is 2. The second-order valence-corrected chi connectivity index (χ2v) is 4.40. The van der Waals surface area contributed by atoms with Gasteiger partial charge >= 0.3 is 0 Å². The third kappa shape index (κ3) is 3.11. The highest BCUT2D eigenvalue weighted by molar-refractivity contribution is 5.85. The lowest BCUT2D eigenvalue weighted by Crippen LogP contribution is -2.27. The molecule has 1 aliphatic rings. The fraction of sp³-hybridized carbons (Fsp3) is 0.357. The van der Waals surface area contributed by atoms with Crippen molar-refractivity contribution >= 4 is 35.7 Å². The second kappa shape index (κ2) is 6.94. The van der Waals surface area contributed by atoms with Crippen LogP contribution in [0.1, 0.15) is 18.9 Å². The quantitative estimate of drug-likeness (QED) is 0.877. The molecule has 0 aliphatic carbocycles. The lowest BCUT2D eigenvalue weighted by molar-refractivity contribution is 0.201. The molecule has 1 N–H and O–H groups in total. The summed E-state index contributed by atoms with van der Waals surface area (Å²) in [5, 5.41) is 4.63. The third-order valence-corrected chi connectivity index (χ3v) is 3.27. The number of nitrogens with one attached hydrogen (secondary N) is 1. The predicted molar refractivity (Wildman–Crippen MR) is 82.7 cm³/mol. The first-order valence-corrected chi connectivity index (χ1v) is 6.12. The standard InChI is InChI=1S/C14H16N2O.2ClH/c1-2-10-7-15-8-12-11-5-3-4-6-13(11)16-9-14(12)17-10;;/h3-6,9-10,15H,2,7-8H2,1H3;2*1H/t10-;;/m1../s1. The second-order valence-electron chi connectivity index (χ2n) is 4.40. The fourth-order valence-corrected chi connectivity index (χ4v) is 2.27. The van der Waals surface area contributed by atoms with Gasteiger partial charge in [0.2, 0.25) is 0 Å². The first kappa shape index (κ1) is 16.0. The first-order valence-electron chi connectivity index (χ1n) is 6.12. The average Bonchev–Trinajstić information content (AvgIpc) is 2.60. The van der Waals surface area contributed by atoms with Crippen LogP contribution in [0.2, 0.25) is 0 Å². The molecule has 1 aromatic carbocycles. The highest BCUT2D eigenvalue weighted by atomic mass is 35.5. The smallest absolute Gasteiger partial charge is 0.143 e. The number of hydrogen-bond acceptors (Lipinski definition) is 3. The number of para-hydroxylation sites is 1. The molecule has 1 atom stereocenters. The zero-order chi connectivity index (χ0) is 11.7. The molecule has 1 aliphatic heterocycles. The van der Waals surface area contributed by atoms with Gasteiger partial charge in [0.15, 0.2) is 0 Å². The van der Waals surface area contributed by atoms with Crippen LogP contribution in [-0.4, -0.2) is 17.6 Å². The minimum Gasteiger partial charge on any atom is -0.487 e. The number of pyridine rings is 1. The van der Waals surface area contributed by atoms with E-state index in [-0.39, 0.29) is 30.9 Å². The van der Waals surface area contributed by atoms with E-state index >= 15 is 0 Å². The topological polar surface area (TPSA) is 34.2 Å². The molecule has 0 bridgehead atoms. The maximum absolute atomic E-state index is 5.99. The highest BCUT2D eigenvalue weighted by Crippen LogP contribution is 2.28. The van der Waals surface area contributed by atoms with E-state index in [1.807, 2.05) is 24.4 Å². The summed E-state index contributed by atoms with van der Waals surface area (Å²) in [6.45, 7) is 3.90. The van der Waals surface area contributed by atoms with Crippen molar-refractivity contribution in [2.24, 2.45) is 0 Å². The van der Waals surface area contributed by atoms with Crippen molar-refractivity contribution < 1.29 is 4.74 Å². The first-order chi connectivity index (χ1) is 8.38. The van der Waals surface area contributed by atoms with Gasteiger partial charge in [0, 0.05) is 24.0 Å². The van der Waals surface area contributed by atoms with Gasteiger partial charge in [-0.3, -0.25) is 4.98 Å². The number of hydrogen-bond donors (Lipinski definition) is 1. The zero-order valence-corrected chi connectivity index (χ0v) is 12.4. The van der Waals surface area contributed by atoms with Crippen molar-refractivity contribution in [1.82, 2.24) is 10.3 Å². The van der Waals surface area contributed by atoms with E-state index in [1.165, 1.54) is 10.9 Å². The molecule has 0 amide bonds. The molecule has 0 fully saturated rings. The lowest BCUT2D eigenvalue weighted by Gasteiger charge is -2.15. The average molecular weight is 301 g/mol. The van der Waals surface area contributed by atoms with Crippen LogP contribution in [0, 0.1) is 0 Å². The van der Waals surface area contributed by atoms with Gasteiger partial charge in [-0.25, -0.2) is 0 Å². The van der Waals surface area contributed by atoms with Crippen LogP contribution in [0.25, 0.3) is 10.9 Å². The Balaban J connectivity index is 0.000000902. The van der Waals surface area contributed by atoms with Crippen LogP contribution < -0.4 is 10.1 Å². The van der Waals surface area contributed by atoms with Crippen LogP contribution >= 0.6 is 24.8 Å². The molecule has 19 heavy (non-hydrogen) atoms. The van der Waals surface area contributed by atoms with Crippen molar-refractivity contribution in [1.29, 1.82) is 0 Å². The molecule has 0 radical (unpaired) electrons. The molecular weight excluding hydrogens is 283 g/mol. The summed E-state index contributed by atoms with van der Waals surface area (Å²) >= 11 is 0. The van der Waals surface area contributed by atoms with Crippen LogP contribution in [0.15, 0.2) is 30.5 Å². The Morgan fingerprint density at radius 2 is 2.11 bits per heavy atom. The van der Waals surface area contributed by atoms with Gasteiger partial charge in [0.1, 0.15) is 11.9 Å². The SMILES string of the molecule is CC[C@@H]1CNCc2c(cnc3ccccc23)O1.Cl.Cl. The van der Waals surface area contributed by atoms with E-state index < -0.39 is 0 Å². The molecule has 0 unspecified atom stereocenters. The molecule has 2 heterocycles. The Bertz CT molecular complexity index is 548. The number of fused-ring (bicyclic) bond motifs is 3. The van der Waals surface area contributed by atoms with Gasteiger partial charge in [0.25, 0.3) is 0 Å². The molecule has 3 rings (SSSR count).